The number of benzene rings is 1. The van der Waals surface area contributed by atoms with E-state index in [0.29, 0.717) is 5.56 Å². The molecule has 2 aromatic heterocycles. The predicted octanol–water partition coefficient (Wildman–Crippen LogP) is 2.98. The summed E-state index contributed by atoms with van der Waals surface area (Å²) in [6, 6.07) is 9.30. The molecule has 0 aliphatic carbocycles. The van der Waals surface area contributed by atoms with E-state index in [0.717, 1.165) is 17.9 Å². The molecule has 0 saturated heterocycles. The quantitative estimate of drug-likeness (QED) is 0.536. The number of ketones is 1. The summed E-state index contributed by atoms with van der Waals surface area (Å²) in [5.74, 6) is -0.0387. The number of allylic oxidation sites excluding steroid dienone is 1. The van der Waals surface area contributed by atoms with E-state index >= 15 is 0 Å². The molecule has 5 heteroatoms. The van der Waals surface area contributed by atoms with Crippen molar-refractivity contribution in [1.29, 1.82) is 0 Å². The minimum Gasteiger partial charge on any atom is -0.306 e. The number of hydrogen-bond donors (Lipinski definition) is 0. The Morgan fingerprint density at radius 3 is 2.64 bits per heavy atom. The molecule has 0 atom stereocenters. The number of aromatic nitrogens is 4. The van der Waals surface area contributed by atoms with E-state index < -0.39 is 0 Å². The number of aryl methyl sites for hydroxylation is 1. The van der Waals surface area contributed by atoms with E-state index in [1.54, 1.807) is 24.7 Å². The third-order valence-corrected chi connectivity index (χ3v) is 3.35. The van der Waals surface area contributed by atoms with Gasteiger partial charge >= 0.3 is 0 Å². The second-order valence-electron chi connectivity index (χ2n) is 4.81. The Bertz CT molecular complexity index is 782. The van der Waals surface area contributed by atoms with Gasteiger partial charge in [-0.2, -0.15) is 5.10 Å². The van der Waals surface area contributed by atoms with Gasteiger partial charge in [-0.1, -0.05) is 0 Å². The normalized spacial score (nSPS) is 11.1. The number of hydrogen-bond acceptors (Lipinski definition) is 3. The van der Waals surface area contributed by atoms with Crippen LogP contribution in [0, 0.1) is 0 Å². The molecule has 1 aromatic carbocycles. The van der Waals surface area contributed by atoms with E-state index in [4.69, 9.17) is 0 Å². The SMILES string of the molecule is CCn1ccc(/C=C/C(=O)c2ccc(-n3ccnc3)cc2)n1. The minimum atomic E-state index is -0.0387. The average Bonchev–Trinajstić information content (AvgIpc) is 3.24. The summed E-state index contributed by atoms with van der Waals surface area (Å²) in [5, 5.41) is 4.31. The third kappa shape index (κ3) is 3.03. The van der Waals surface area contributed by atoms with E-state index in [1.165, 1.54) is 0 Å². The van der Waals surface area contributed by atoms with Crippen molar-refractivity contribution >= 4 is 11.9 Å². The van der Waals surface area contributed by atoms with Gasteiger partial charge in [-0.15, -0.1) is 0 Å². The van der Waals surface area contributed by atoms with Gasteiger partial charge in [-0.25, -0.2) is 4.98 Å². The van der Waals surface area contributed by atoms with Gasteiger partial charge in [0.05, 0.1) is 12.0 Å². The first kappa shape index (κ1) is 14.0. The molecule has 22 heavy (non-hydrogen) atoms. The molecular formula is C17H16N4O. The lowest BCUT2D eigenvalue weighted by Crippen LogP contribution is -1.96. The fourth-order valence-electron chi connectivity index (χ4n) is 2.11. The first-order valence-electron chi connectivity index (χ1n) is 7.10. The van der Waals surface area contributed by atoms with Crippen LogP contribution in [0.15, 0.2) is 61.3 Å². The van der Waals surface area contributed by atoms with Crippen molar-refractivity contribution in [3.05, 3.63) is 72.6 Å². The molecule has 2 heterocycles. The van der Waals surface area contributed by atoms with Crippen molar-refractivity contribution in [3.63, 3.8) is 0 Å². The van der Waals surface area contributed by atoms with Crippen molar-refractivity contribution in [1.82, 2.24) is 19.3 Å². The Labute approximate surface area is 128 Å². The zero-order chi connectivity index (χ0) is 15.4. The summed E-state index contributed by atoms with van der Waals surface area (Å²) in [5.41, 5.74) is 2.40. The molecule has 5 nitrogen and oxygen atoms in total. The molecule has 110 valence electrons. The van der Waals surface area contributed by atoms with Gasteiger partial charge in [0.2, 0.25) is 0 Å². The van der Waals surface area contributed by atoms with Crippen LogP contribution >= 0.6 is 0 Å². The Morgan fingerprint density at radius 2 is 2.00 bits per heavy atom. The highest BCUT2D eigenvalue weighted by Crippen LogP contribution is 2.11. The Balaban J connectivity index is 1.72. The fraction of sp³-hybridized carbons (Fsp3) is 0.118. The Morgan fingerprint density at radius 1 is 1.18 bits per heavy atom. The standard InChI is InChI=1S/C17H16N4O/c1-2-21-11-9-15(19-21)5-8-17(22)14-3-6-16(7-4-14)20-12-10-18-13-20/h3-13H,2H2,1H3/b8-5+. The van der Waals surface area contributed by atoms with Crippen molar-refractivity contribution < 1.29 is 4.79 Å². The Hall–Kier alpha value is -2.95. The van der Waals surface area contributed by atoms with Crippen LogP contribution in [0.4, 0.5) is 0 Å². The average molecular weight is 292 g/mol. The van der Waals surface area contributed by atoms with Gasteiger partial charge in [-0.05, 0) is 49.4 Å². The van der Waals surface area contributed by atoms with Gasteiger partial charge in [0.1, 0.15) is 0 Å². The molecule has 0 saturated carbocycles. The van der Waals surface area contributed by atoms with Crippen LogP contribution in [0.1, 0.15) is 23.0 Å². The van der Waals surface area contributed by atoms with Crippen LogP contribution in [0.5, 0.6) is 0 Å². The monoisotopic (exact) mass is 292 g/mol. The van der Waals surface area contributed by atoms with E-state index in [-0.39, 0.29) is 5.78 Å². The number of carbonyl (C=O) groups excluding carboxylic acids is 1. The lowest BCUT2D eigenvalue weighted by Gasteiger charge is -2.02. The van der Waals surface area contributed by atoms with Crippen molar-refractivity contribution in [2.24, 2.45) is 0 Å². The zero-order valence-corrected chi connectivity index (χ0v) is 12.3. The smallest absolute Gasteiger partial charge is 0.185 e. The third-order valence-electron chi connectivity index (χ3n) is 3.35. The molecule has 0 amide bonds. The molecular weight excluding hydrogens is 276 g/mol. The molecule has 3 rings (SSSR count). The summed E-state index contributed by atoms with van der Waals surface area (Å²) in [6.45, 7) is 2.84. The second kappa shape index (κ2) is 6.22. The van der Waals surface area contributed by atoms with Crippen LogP contribution in [0.2, 0.25) is 0 Å². The van der Waals surface area contributed by atoms with Crippen LogP contribution in [-0.4, -0.2) is 25.1 Å². The van der Waals surface area contributed by atoms with Crippen molar-refractivity contribution in [3.8, 4) is 5.69 Å². The van der Waals surface area contributed by atoms with Gasteiger partial charge in [0.15, 0.2) is 5.78 Å². The highest BCUT2D eigenvalue weighted by Gasteiger charge is 2.03. The highest BCUT2D eigenvalue weighted by atomic mass is 16.1. The van der Waals surface area contributed by atoms with Gasteiger partial charge in [0.25, 0.3) is 0 Å². The summed E-state index contributed by atoms with van der Waals surface area (Å²) in [6.07, 6.45) is 10.5. The predicted molar refractivity (Wildman–Crippen MR) is 84.8 cm³/mol. The minimum absolute atomic E-state index is 0.0387. The molecule has 0 radical (unpaired) electrons. The molecule has 0 fully saturated rings. The van der Waals surface area contributed by atoms with Crippen LogP contribution < -0.4 is 0 Å². The number of nitrogens with zero attached hydrogens (tertiary/aromatic N) is 4. The summed E-state index contributed by atoms with van der Waals surface area (Å²) < 4.78 is 3.71. The molecule has 3 aromatic rings. The van der Waals surface area contributed by atoms with Gasteiger partial charge in [-0.3, -0.25) is 9.48 Å². The van der Waals surface area contributed by atoms with Crippen LogP contribution in [0.25, 0.3) is 11.8 Å². The number of rotatable bonds is 5. The summed E-state index contributed by atoms with van der Waals surface area (Å²) in [4.78, 5) is 16.2. The summed E-state index contributed by atoms with van der Waals surface area (Å²) >= 11 is 0. The topological polar surface area (TPSA) is 52.7 Å². The maximum atomic E-state index is 12.2. The largest absolute Gasteiger partial charge is 0.306 e. The first-order valence-corrected chi connectivity index (χ1v) is 7.10. The number of carbonyl (C=O) groups is 1. The fourth-order valence-corrected chi connectivity index (χ4v) is 2.11. The van der Waals surface area contributed by atoms with E-state index in [2.05, 4.69) is 10.1 Å². The molecule has 0 N–H and O–H groups in total. The van der Waals surface area contributed by atoms with Crippen LogP contribution in [-0.2, 0) is 6.54 Å². The molecule has 0 aliphatic rings. The lowest BCUT2D eigenvalue weighted by atomic mass is 10.1. The summed E-state index contributed by atoms with van der Waals surface area (Å²) in [7, 11) is 0. The second-order valence-corrected chi connectivity index (χ2v) is 4.81. The number of imidazole rings is 1. The molecule has 0 unspecified atom stereocenters. The highest BCUT2D eigenvalue weighted by molar-refractivity contribution is 6.06. The van der Waals surface area contributed by atoms with Crippen molar-refractivity contribution in [2.75, 3.05) is 0 Å². The molecule has 0 aliphatic heterocycles. The van der Waals surface area contributed by atoms with E-state index in [9.17, 15) is 4.79 Å². The van der Waals surface area contributed by atoms with Gasteiger partial charge < -0.3 is 4.57 Å². The van der Waals surface area contributed by atoms with E-state index in [1.807, 2.05) is 58.9 Å². The first-order chi connectivity index (χ1) is 10.8. The maximum absolute atomic E-state index is 12.2. The van der Waals surface area contributed by atoms with Crippen LogP contribution in [0.3, 0.4) is 0 Å². The zero-order valence-electron chi connectivity index (χ0n) is 12.3. The maximum Gasteiger partial charge on any atom is 0.185 e. The Kier molecular flexibility index (Phi) is 3.96. The van der Waals surface area contributed by atoms with Gasteiger partial charge in [0, 0.05) is 36.4 Å². The lowest BCUT2D eigenvalue weighted by molar-refractivity contribution is 0.104. The molecule has 0 spiro atoms. The molecule has 0 bridgehead atoms. The van der Waals surface area contributed by atoms with Crippen molar-refractivity contribution in [2.45, 2.75) is 13.5 Å².